The van der Waals surface area contributed by atoms with Crippen molar-refractivity contribution in [2.45, 2.75) is 38.0 Å². The Kier molecular flexibility index (Phi) is 4.36. The van der Waals surface area contributed by atoms with Crippen molar-refractivity contribution in [3.63, 3.8) is 0 Å². The maximum absolute atomic E-state index is 13.0. The highest BCUT2D eigenvalue weighted by Gasteiger charge is 2.47. The molecule has 2 aliphatic rings. The first kappa shape index (κ1) is 16.0. The van der Waals surface area contributed by atoms with E-state index in [1.807, 2.05) is 30.0 Å². The minimum Gasteiger partial charge on any atom is -0.484 e. The molecule has 4 rings (SSSR count). The molecule has 6 heteroatoms. The average molecular weight is 339 g/mol. The third-order valence-corrected chi connectivity index (χ3v) is 4.78. The zero-order chi connectivity index (χ0) is 17.2. The van der Waals surface area contributed by atoms with Gasteiger partial charge in [0.2, 0.25) is 0 Å². The summed E-state index contributed by atoms with van der Waals surface area (Å²) in [6.07, 6.45) is 8.38. The van der Waals surface area contributed by atoms with Gasteiger partial charge in [0.05, 0.1) is 24.3 Å². The average Bonchev–Trinajstić information content (AvgIpc) is 3.01. The Morgan fingerprint density at radius 3 is 3.04 bits per heavy atom. The first-order chi connectivity index (χ1) is 12.2. The largest absolute Gasteiger partial charge is 0.484 e. The van der Waals surface area contributed by atoms with Gasteiger partial charge in [-0.15, -0.1) is 0 Å². The molecule has 4 heterocycles. The Morgan fingerprint density at radius 2 is 2.24 bits per heavy atom. The molecule has 0 spiro atoms. The van der Waals surface area contributed by atoms with Crippen molar-refractivity contribution in [1.29, 1.82) is 0 Å². The first-order valence-corrected chi connectivity index (χ1v) is 8.63. The van der Waals surface area contributed by atoms with Gasteiger partial charge in [0, 0.05) is 25.2 Å². The van der Waals surface area contributed by atoms with Crippen LogP contribution in [0.15, 0.2) is 43.0 Å². The molecule has 0 unspecified atom stereocenters. The molecule has 2 aromatic rings. The monoisotopic (exact) mass is 339 g/mol. The molecule has 0 bridgehead atoms. The number of carbonyl (C=O) groups excluding carboxylic acids is 1. The molecule has 2 aliphatic heterocycles. The second-order valence-corrected chi connectivity index (χ2v) is 6.60. The van der Waals surface area contributed by atoms with Gasteiger partial charge in [-0.1, -0.05) is 0 Å². The normalized spacial score (nSPS) is 25.5. The predicted octanol–water partition coefficient (Wildman–Crippen LogP) is 2.24. The summed E-state index contributed by atoms with van der Waals surface area (Å²) in [5.41, 5.74) is 1.59. The van der Waals surface area contributed by atoms with E-state index in [-0.39, 0.29) is 24.2 Å². The minimum absolute atomic E-state index is 0.00557. The van der Waals surface area contributed by atoms with E-state index in [0.29, 0.717) is 24.5 Å². The molecule has 0 saturated carbocycles. The van der Waals surface area contributed by atoms with E-state index < -0.39 is 0 Å². The van der Waals surface area contributed by atoms with Gasteiger partial charge >= 0.3 is 0 Å². The van der Waals surface area contributed by atoms with Crippen molar-refractivity contribution < 1.29 is 14.3 Å². The summed E-state index contributed by atoms with van der Waals surface area (Å²) in [5.74, 6) is 0.695. The number of amides is 1. The highest BCUT2D eigenvalue weighted by atomic mass is 16.5. The Labute approximate surface area is 146 Å². The number of ether oxygens (including phenoxy) is 2. The lowest BCUT2D eigenvalue weighted by Gasteiger charge is -2.32. The van der Waals surface area contributed by atoms with Crippen molar-refractivity contribution in [3.05, 3.63) is 54.1 Å². The fourth-order valence-corrected chi connectivity index (χ4v) is 3.68. The number of hydrogen-bond acceptors (Lipinski definition) is 5. The van der Waals surface area contributed by atoms with Gasteiger partial charge in [0.15, 0.2) is 0 Å². The standard InChI is InChI=1S/C19H21N3O3/c1-13-8-14(10-21-9-13)19(23)22-12-17(18-16(22)5-3-7-24-18)25-15-4-2-6-20-11-15/h2,4,6,8-11,16-18H,3,5,7,12H2,1H3/t16-,17+,18+/m1/s1. The van der Waals surface area contributed by atoms with Gasteiger partial charge in [0.1, 0.15) is 18.0 Å². The van der Waals surface area contributed by atoms with Crippen LogP contribution in [-0.2, 0) is 4.74 Å². The van der Waals surface area contributed by atoms with Gasteiger partial charge < -0.3 is 14.4 Å². The molecule has 1 amide bonds. The van der Waals surface area contributed by atoms with Crippen LogP contribution in [0, 0.1) is 6.92 Å². The van der Waals surface area contributed by atoms with Crippen LogP contribution >= 0.6 is 0 Å². The number of likely N-dealkylation sites (tertiary alicyclic amines) is 1. The topological polar surface area (TPSA) is 64.6 Å². The summed E-state index contributed by atoms with van der Waals surface area (Å²) in [5, 5.41) is 0. The van der Waals surface area contributed by atoms with Crippen LogP contribution < -0.4 is 4.74 Å². The van der Waals surface area contributed by atoms with Crippen LogP contribution in [0.25, 0.3) is 0 Å². The van der Waals surface area contributed by atoms with E-state index in [4.69, 9.17) is 9.47 Å². The highest BCUT2D eigenvalue weighted by molar-refractivity contribution is 5.94. The summed E-state index contributed by atoms with van der Waals surface area (Å²) in [6, 6.07) is 5.64. The Hall–Kier alpha value is -2.47. The Balaban J connectivity index is 1.57. The van der Waals surface area contributed by atoms with E-state index in [9.17, 15) is 4.79 Å². The van der Waals surface area contributed by atoms with Crippen molar-refractivity contribution in [2.24, 2.45) is 0 Å². The summed E-state index contributed by atoms with van der Waals surface area (Å²) >= 11 is 0. The zero-order valence-corrected chi connectivity index (χ0v) is 14.2. The van der Waals surface area contributed by atoms with Crippen molar-refractivity contribution in [3.8, 4) is 5.75 Å². The lowest BCUT2D eigenvalue weighted by molar-refractivity contribution is -0.0447. The molecular weight excluding hydrogens is 318 g/mol. The molecule has 0 N–H and O–H groups in total. The molecule has 25 heavy (non-hydrogen) atoms. The van der Waals surface area contributed by atoms with Crippen LogP contribution in [0.4, 0.5) is 0 Å². The summed E-state index contributed by atoms with van der Waals surface area (Å²) in [7, 11) is 0. The molecule has 2 aromatic heterocycles. The van der Waals surface area contributed by atoms with Crippen molar-refractivity contribution >= 4 is 5.91 Å². The number of aromatic nitrogens is 2. The number of rotatable bonds is 3. The van der Waals surface area contributed by atoms with Gasteiger partial charge in [0.25, 0.3) is 5.91 Å². The molecule has 0 radical (unpaired) electrons. The lowest BCUT2D eigenvalue weighted by atomic mass is 10.0. The summed E-state index contributed by atoms with van der Waals surface area (Å²) in [6.45, 7) is 3.16. The maximum Gasteiger partial charge on any atom is 0.255 e. The third kappa shape index (κ3) is 3.22. The van der Waals surface area contributed by atoms with E-state index in [2.05, 4.69) is 9.97 Å². The van der Waals surface area contributed by atoms with Crippen molar-refractivity contribution in [2.75, 3.05) is 13.2 Å². The summed E-state index contributed by atoms with van der Waals surface area (Å²) < 4.78 is 12.1. The third-order valence-electron chi connectivity index (χ3n) is 4.78. The number of fused-ring (bicyclic) bond motifs is 1. The van der Waals surface area contributed by atoms with Gasteiger partial charge in [-0.05, 0) is 43.5 Å². The molecule has 0 aliphatic carbocycles. The highest BCUT2D eigenvalue weighted by Crippen LogP contribution is 2.32. The predicted molar refractivity (Wildman–Crippen MR) is 91.4 cm³/mol. The maximum atomic E-state index is 13.0. The van der Waals surface area contributed by atoms with Crippen molar-refractivity contribution in [1.82, 2.24) is 14.9 Å². The zero-order valence-electron chi connectivity index (χ0n) is 14.2. The fraction of sp³-hybridized carbons (Fsp3) is 0.421. The van der Waals surface area contributed by atoms with Gasteiger partial charge in [-0.25, -0.2) is 0 Å². The SMILES string of the molecule is Cc1cncc(C(=O)N2C[C@H](Oc3cccnc3)[C@H]3OCCC[C@H]32)c1. The molecule has 2 fully saturated rings. The quantitative estimate of drug-likeness (QED) is 0.858. The lowest BCUT2D eigenvalue weighted by Crippen LogP contribution is -2.44. The smallest absolute Gasteiger partial charge is 0.255 e. The van der Waals surface area contributed by atoms with Crippen LogP contribution in [0.3, 0.4) is 0 Å². The number of carbonyl (C=O) groups is 1. The van der Waals surface area contributed by atoms with Crippen LogP contribution in [-0.4, -0.2) is 52.2 Å². The number of pyridine rings is 2. The van der Waals surface area contributed by atoms with Crippen LogP contribution in [0.5, 0.6) is 5.75 Å². The van der Waals surface area contributed by atoms with Crippen LogP contribution in [0.2, 0.25) is 0 Å². The molecule has 2 saturated heterocycles. The molecule has 3 atom stereocenters. The minimum atomic E-state index is -0.184. The van der Waals surface area contributed by atoms with E-state index >= 15 is 0 Å². The molecule has 0 aromatic carbocycles. The van der Waals surface area contributed by atoms with Crippen LogP contribution in [0.1, 0.15) is 28.8 Å². The second-order valence-electron chi connectivity index (χ2n) is 6.60. The van der Waals surface area contributed by atoms with Gasteiger partial charge in [-0.3, -0.25) is 14.8 Å². The number of nitrogens with zero attached hydrogens (tertiary/aromatic N) is 3. The first-order valence-electron chi connectivity index (χ1n) is 8.63. The molecule has 130 valence electrons. The van der Waals surface area contributed by atoms with E-state index in [1.54, 1.807) is 24.8 Å². The fourth-order valence-electron chi connectivity index (χ4n) is 3.68. The Bertz CT molecular complexity index is 753. The van der Waals surface area contributed by atoms with Gasteiger partial charge in [-0.2, -0.15) is 0 Å². The molecular formula is C19H21N3O3. The summed E-state index contributed by atoms with van der Waals surface area (Å²) in [4.78, 5) is 23.1. The second kappa shape index (κ2) is 6.80. The Morgan fingerprint density at radius 1 is 1.32 bits per heavy atom. The number of aryl methyl sites for hydroxylation is 1. The molecule has 6 nitrogen and oxygen atoms in total. The van der Waals surface area contributed by atoms with E-state index in [1.165, 1.54) is 0 Å². The number of hydrogen-bond donors (Lipinski definition) is 0. The van der Waals surface area contributed by atoms with E-state index in [0.717, 1.165) is 18.4 Å².